The molecule has 2 N–H and O–H groups in total. The van der Waals surface area contributed by atoms with Gasteiger partial charge in [-0.15, -0.1) is 5.10 Å². The van der Waals surface area contributed by atoms with Gasteiger partial charge in [-0.05, 0) is 48.4 Å². The van der Waals surface area contributed by atoms with Gasteiger partial charge in [-0.25, -0.2) is 4.68 Å². The minimum atomic E-state index is -0.136. The van der Waals surface area contributed by atoms with E-state index in [1.807, 2.05) is 73.8 Å². The molecule has 5 rings (SSSR count). The van der Waals surface area contributed by atoms with Gasteiger partial charge in [0.15, 0.2) is 11.5 Å². The Bertz CT molecular complexity index is 1470. The Morgan fingerprint density at radius 3 is 2.77 bits per heavy atom. The van der Waals surface area contributed by atoms with Crippen LogP contribution in [0.4, 0.5) is 0 Å². The van der Waals surface area contributed by atoms with Gasteiger partial charge in [-0.2, -0.15) is 0 Å². The van der Waals surface area contributed by atoms with Crippen molar-refractivity contribution in [1.29, 1.82) is 0 Å². The van der Waals surface area contributed by atoms with Crippen molar-refractivity contribution in [3.8, 4) is 11.5 Å². The van der Waals surface area contributed by atoms with Gasteiger partial charge in [0.05, 0.1) is 19.2 Å². The van der Waals surface area contributed by atoms with E-state index in [1.54, 1.807) is 11.8 Å². The maximum atomic E-state index is 12.9. The van der Waals surface area contributed by atoms with Crippen molar-refractivity contribution in [3.05, 3.63) is 84.1 Å². The summed E-state index contributed by atoms with van der Waals surface area (Å²) in [6, 6.07) is 21.7. The molecule has 0 saturated heterocycles. The first-order chi connectivity index (χ1) is 17.2. The number of ether oxygens (including phenoxy) is 2. The van der Waals surface area contributed by atoms with Gasteiger partial charge in [-0.1, -0.05) is 41.6 Å². The van der Waals surface area contributed by atoms with Gasteiger partial charge >= 0.3 is 0 Å². The quantitative estimate of drug-likeness (QED) is 0.336. The molecule has 8 heteroatoms. The summed E-state index contributed by atoms with van der Waals surface area (Å²) in [4.78, 5) is 16.3. The average molecular weight is 470 g/mol. The molecule has 178 valence electrons. The normalized spacial score (nSPS) is 12.1. The van der Waals surface area contributed by atoms with Crippen molar-refractivity contribution in [3.63, 3.8) is 0 Å². The summed E-state index contributed by atoms with van der Waals surface area (Å²) in [5.41, 5.74) is 4.75. The summed E-state index contributed by atoms with van der Waals surface area (Å²) in [6.07, 6.45) is 2.01. The Hall–Kier alpha value is -4.33. The summed E-state index contributed by atoms with van der Waals surface area (Å²) in [5.74, 6) is 1.11. The van der Waals surface area contributed by atoms with Crippen LogP contribution in [0.3, 0.4) is 0 Å². The molecule has 0 aliphatic rings. The molecule has 2 heterocycles. The third kappa shape index (κ3) is 4.55. The number of rotatable bonds is 9. The Balaban J connectivity index is 1.43. The predicted molar refractivity (Wildman–Crippen MR) is 135 cm³/mol. The van der Waals surface area contributed by atoms with E-state index >= 15 is 0 Å². The molecule has 35 heavy (non-hydrogen) atoms. The molecule has 0 radical (unpaired) electrons. The maximum Gasteiger partial charge on any atom is 0.241 e. The first-order valence-corrected chi connectivity index (χ1v) is 11.6. The van der Waals surface area contributed by atoms with Crippen LogP contribution >= 0.6 is 0 Å². The average Bonchev–Trinajstić information content (AvgIpc) is 3.50. The van der Waals surface area contributed by atoms with E-state index in [9.17, 15) is 4.79 Å². The van der Waals surface area contributed by atoms with Crippen LogP contribution in [0.5, 0.6) is 11.5 Å². The fourth-order valence-corrected chi connectivity index (χ4v) is 4.41. The highest BCUT2D eigenvalue weighted by Gasteiger charge is 2.21. The summed E-state index contributed by atoms with van der Waals surface area (Å²) in [7, 11) is 1.63. The molecular formula is C27H27N5O3. The number of aromatic amines is 1. The molecular weight excluding hydrogens is 442 g/mol. The molecule has 2 aromatic heterocycles. The van der Waals surface area contributed by atoms with Crippen molar-refractivity contribution in [2.45, 2.75) is 19.4 Å². The number of benzene rings is 3. The van der Waals surface area contributed by atoms with E-state index < -0.39 is 0 Å². The Labute approximate surface area is 202 Å². The highest BCUT2D eigenvalue weighted by molar-refractivity contribution is 5.84. The smallest absolute Gasteiger partial charge is 0.241 e. The summed E-state index contributed by atoms with van der Waals surface area (Å²) in [6.45, 7) is 2.99. The Kier molecular flexibility index (Phi) is 6.34. The number of amides is 1. The first-order valence-electron chi connectivity index (χ1n) is 11.6. The minimum absolute atomic E-state index is 0.0910. The molecule has 0 spiro atoms. The van der Waals surface area contributed by atoms with Crippen LogP contribution in [0.2, 0.25) is 0 Å². The molecule has 8 nitrogen and oxygen atoms in total. The van der Waals surface area contributed by atoms with Crippen molar-refractivity contribution >= 4 is 27.8 Å². The SMILES string of the molecule is CCOc1ccc(C(CNC(=O)Cn2nnc3ccccc32)c2c[nH]c3ccccc23)cc1OC. The third-order valence-corrected chi connectivity index (χ3v) is 6.10. The lowest BCUT2D eigenvalue weighted by Crippen LogP contribution is -2.32. The molecule has 1 atom stereocenters. The standard InChI is InChI=1S/C27H27N5O3/c1-3-35-25-13-12-18(14-26(25)34-2)20(21-16-28-22-9-5-4-8-19(21)22)15-29-27(33)17-32-24-11-7-6-10-23(24)30-31-32/h4-14,16,20,28H,3,15,17H2,1-2H3,(H,29,33). The van der Waals surface area contributed by atoms with E-state index in [0.29, 0.717) is 24.7 Å². The topological polar surface area (TPSA) is 94.1 Å². The molecule has 1 amide bonds. The van der Waals surface area contributed by atoms with Gasteiger partial charge in [0.25, 0.3) is 0 Å². The van der Waals surface area contributed by atoms with E-state index in [4.69, 9.17) is 9.47 Å². The van der Waals surface area contributed by atoms with Crippen molar-refractivity contribution in [2.75, 3.05) is 20.3 Å². The van der Waals surface area contributed by atoms with Crippen LogP contribution in [0, 0.1) is 0 Å². The lowest BCUT2D eigenvalue weighted by Gasteiger charge is -2.20. The Morgan fingerprint density at radius 1 is 1.09 bits per heavy atom. The van der Waals surface area contributed by atoms with Crippen LogP contribution in [0.25, 0.3) is 21.9 Å². The van der Waals surface area contributed by atoms with Gasteiger partial charge in [0.2, 0.25) is 5.91 Å². The number of nitrogens with one attached hydrogen (secondary N) is 2. The zero-order valence-corrected chi connectivity index (χ0v) is 19.7. The van der Waals surface area contributed by atoms with Gasteiger partial charge in [0, 0.05) is 29.6 Å². The van der Waals surface area contributed by atoms with Crippen LogP contribution in [-0.4, -0.2) is 46.1 Å². The highest BCUT2D eigenvalue weighted by atomic mass is 16.5. The highest BCUT2D eigenvalue weighted by Crippen LogP contribution is 2.35. The maximum absolute atomic E-state index is 12.9. The third-order valence-electron chi connectivity index (χ3n) is 6.10. The van der Waals surface area contributed by atoms with E-state index in [0.717, 1.165) is 33.1 Å². The number of nitrogens with zero attached hydrogens (tertiary/aromatic N) is 3. The molecule has 3 aromatic carbocycles. The van der Waals surface area contributed by atoms with Gasteiger partial charge < -0.3 is 19.8 Å². The zero-order chi connectivity index (χ0) is 24.2. The van der Waals surface area contributed by atoms with E-state index in [-0.39, 0.29) is 18.4 Å². The zero-order valence-electron chi connectivity index (χ0n) is 19.7. The Morgan fingerprint density at radius 2 is 1.91 bits per heavy atom. The van der Waals surface area contributed by atoms with E-state index in [2.05, 4.69) is 26.7 Å². The molecule has 0 saturated carbocycles. The first kappa shape index (κ1) is 22.5. The number of hydrogen-bond donors (Lipinski definition) is 2. The number of hydrogen-bond acceptors (Lipinski definition) is 5. The number of carbonyl (C=O) groups is 1. The number of aromatic nitrogens is 4. The van der Waals surface area contributed by atoms with Crippen LogP contribution in [-0.2, 0) is 11.3 Å². The number of carbonyl (C=O) groups excluding carboxylic acids is 1. The molecule has 5 aromatic rings. The van der Waals surface area contributed by atoms with Crippen molar-refractivity contribution < 1.29 is 14.3 Å². The number of para-hydroxylation sites is 2. The molecule has 1 unspecified atom stereocenters. The van der Waals surface area contributed by atoms with Gasteiger partial charge in [-0.3, -0.25) is 4.79 Å². The van der Waals surface area contributed by atoms with Crippen LogP contribution in [0.15, 0.2) is 72.9 Å². The van der Waals surface area contributed by atoms with Gasteiger partial charge in [0.1, 0.15) is 12.1 Å². The van der Waals surface area contributed by atoms with Crippen LogP contribution in [0.1, 0.15) is 24.0 Å². The molecule has 0 bridgehead atoms. The molecule has 0 aliphatic heterocycles. The largest absolute Gasteiger partial charge is 0.493 e. The summed E-state index contributed by atoms with van der Waals surface area (Å²) in [5, 5.41) is 12.5. The number of methoxy groups -OCH3 is 1. The summed E-state index contributed by atoms with van der Waals surface area (Å²) < 4.78 is 12.9. The molecule has 0 fully saturated rings. The number of H-pyrrole nitrogens is 1. The second kappa shape index (κ2) is 9.89. The predicted octanol–water partition coefficient (Wildman–Crippen LogP) is 4.27. The monoisotopic (exact) mass is 469 g/mol. The fourth-order valence-electron chi connectivity index (χ4n) is 4.41. The van der Waals surface area contributed by atoms with Crippen molar-refractivity contribution in [2.24, 2.45) is 0 Å². The minimum Gasteiger partial charge on any atom is -0.493 e. The second-order valence-corrected chi connectivity index (χ2v) is 8.23. The lowest BCUT2D eigenvalue weighted by atomic mass is 9.90. The fraction of sp³-hybridized carbons (Fsp3) is 0.222. The van der Waals surface area contributed by atoms with Crippen molar-refractivity contribution in [1.82, 2.24) is 25.3 Å². The number of fused-ring (bicyclic) bond motifs is 2. The lowest BCUT2D eigenvalue weighted by molar-refractivity contribution is -0.121. The molecule has 0 aliphatic carbocycles. The van der Waals surface area contributed by atoms with E-state index in [1.165, 1.54) is 0 Å². The van der Waals surface area contributed by atoms with Crippen LogP contribution < -0.4 is 14.8 Å². The second-order valence-electron chi connectivity index (χ2n) is 8.23. The summed E-state index contributed by atoms with van der Waals surface area (Å²) >= 11 is 0.